The van der Waals surface area contributed by atoms with Gasteiger partial charge in [-0.05, 0) is 44.9 Å². The van der Waals surface area contributed by atoms with Crippen LogP contribution >= 0.6 is 0 Å². The van der Waals surface area contributed by atoms with Crippen LogP contribution in [0.2, 0.25) is 0 Å². The minimum Gasteiger partial charge on any atom is -0.481 e. The van der Waals surface area contributed by atoms with E-state index >= 15 is 0 Å². The van der Waals surface area contributed by atoms with Crippen molar-refractivity contribution in [1.29, 1.82) is 0 Å². The predicted octanol–water partition coefficient (Wildman–Crippen LogP) is 3.71. The van der Waals surface area contributed by atoms with E-state index in [9.17, 15) is 14.7 Å². The first-order valence-corrected chi connectivity index (χ1v) is 8.28. The van der Waals surface area contributed by atoms with Crippen LogP contribution in [0, 0.1) is 37.5 Å². The van der Waals surface area contributed by atoms with Crippen molar-refractivity contribution >= 4 is 17.6 Å². The lowest BCUT2D eigenvalue weighted by Gasteiger charge is -2.24. The van der Waals surface area contributed by atoms with Crippen LogP contribution in [0.4, 0.5) is 5.69 Å². The van der Waals surface area contributed by atoms with E-state index in [1.807, 2.05) is 58.0 Å². The van der Waals surface area contributed by atoms with Crippen LogP contribution in [0.25, 0.3) is 0 Å². The number of anilines is 1. The Kier molecular flexibility index (Phi) is 4.08. The number of nitrogens with one attached hydrogen (secondary N) is 1. The molecule has 2 aliphatic rings. The van der Waals surface area contributed by atoms with Crippen LogP contribution in [-0.2, 0) is 9.59 Å². The highest BCUT2D eigenvalue weighted by Gasteiger charge is 2.54. The van der Waals surface area contributed by atoms with Gasteiger partial charge >= 0.3 is 5.97 Å². The molecule has 1 amide bonds. The molecule has 2 N–H and O–H groups in total. The van der Waals surface area contributed by atoms with E-state index in [2.05, 4.69) is 5.32 Å². The normalized spacial score (nSPS) is 27.4. The Hall–Kier alpha value is -2.36. The lowest BCUT2D eigenvalue weighted by atomic mass is 9.82. The van der Waals surface area contributed by atoms with Gasteiger partial charge < -0.3 is 10.4 Å². The smallest absolute Gasteiger partial charge is 0.308 e. The van der Waals surface area contributed by atoms with Crippen molar-refractivity contribution in [2.75, 3.05) is 5.32 Å². The Morgan fingerprint density at radius 1 is 1.04 bits per heavy atom. The quantitative estimate of drug-likeness (QED) is 0.833. The summed E-state index contributed by atoms with van der Waals surface area (Å²) in [7, 11) is 0. The average molecular weight is 325 g/mol. The van der Waals surface area contributed by atoms with Crippen molar-refractivity contribution < 1.29 is 14.7 Å². The number of amides is 1. The predicted molar refractivity (Wildman–Crippen MR) is 93.7 cm³/mol. The number of rotatable bonds is 3. The minimum absolute atomic E-state index is 0.105. The van der Waals surface area contributed by atoms with Gasteiger partial charge in [0.05, 0.1) is 11.8 Å². The lowest BCUT2D eigenvalue weighted by molar-refractivity contribution is -0.146. The van der Waals surface area contributed by atoms with Crippen LogP contribution in [0.5, 0.6) is 0 Å². The molecule has 4 nitrogen and oxygen atoms in total. The van der Waals surface area contributed by atoms with Crippen LogP contribution in [0.3, 0.4) is 0 Å². The number of carboxylic acid groups (broad SMARTS) is 1. The molecule has 126 valence electrons. The zero-order valence-electron chi connectivity index (χ0n) is 14.5. The van der Waals surface area contributed by atoms with E-state index < -0.39 is 17.8 Å². The van der Waals surface area contributed by atoms with E-state index in [0.29, 0.717) is 0 Å². The first-order valence-electron chi connectivity index (χ1n) is 8.28. The molecular weight excluding hydrogens is 302 g/mol. The zero-order chi connectivity index (χ0) is 17.6. The molecule has 0 saturated heterocycles. The van der Waals surface area contributed by atoms with Gasteiger partial charge in [0.25, 0.3) is 0 Å². The summed E-state index contributed by atoms with van der Waals surface area (Å²) >= 11 is 0. The van der Waals surface area contributed by atoms with Crippen molar-refractivity contribution in [2.24, 2.45) is 23.7 Å². The van der Waals surface area contributed by atoms with Gasteiger partial charge in [0, 0.05) is 17.5 Å². The Morgan fingerprint density at radius 3 is 2.25 bits per heavy atom. The van der Waals surface area contributed by atoms with Gasteiger partial charge in [0.1, 0.15) is 0 Å². The van der Waals surface area contributed by atoms with Crippen molar-refractivity contribution in [3.8, 4) is 0 Å². The first-order chi connectivity index (χ1) is 11.3. The van der Waals surface area contributed by atoms with Gasteiger partial charge in [-0.2, -0.15) is 0 Å². The highest BCUT2D eigenvalue weighted by molar-refractivity contribution is 5.97. The summed E-state index contributed by atoms with van der Waals surface area (Å²) in [6.07, 6.45) is 3.95. The number of aryl methyl sites for hydroxylation is 1. The Balaban J connectivity index is 1.94. The molecule has 4 atom stereocenters. The van der Waals surface area contributed by atoms with Gasteiger partial charge in [0.15, 0.2) is 0 Å². The number of benzene rings is 1. The van der Waals surface area contributed by atoms with E-state index in [4.69, 9.17) is 0 Å². The third kappa shape index (κ3) is 2.46. The lowest BCUT2D eigenvalue weighted by Crippen LogP contribution is -2.36. The van der Waals surface area contributed by atoms with Crippen molar-refractivity contribution in [2.45, 2.75) is 27.7 Å². The molecule has 0 heterocycles. The Bertz CT molecular complexity index is 771. The molecule has 2 bridgehead atoms. The van der Waals surface area contributed by atoms with E-state index in [1.165, 1.54) is 0 Å². The number of carboxylic acids is 1. The van der Waals surface area contributed by atoms with Gasteiger partial charge in [0.2, 0.25) is 5.91 Å². The highest BCUT2D eigenvalue weighted by Crippen LogP contribution is 2.53. The number of hydrogen-bond acceptors (Lipinski definition) is 2. The summed E-state index contributed by atoms with van der Waals surface area (Å²) in [4.78, 5) is 24.7. The summed E-state index contributed by atoms with van der Waals surface area (Å²) in [6.45, 7) is 7.94. The van der Waals surface area contributed by atoms with Gasteiger partial charge in [-0.25, -0.2) is 0 Å². The molecule has 0 aromatic heterocycles. The summed E-state index contributed by atoms with van der Waals surface area (Å²) in [6, 6.07) is 5.75. The second kappa shape index (κ2) is 5.93. The summed E-state index contributed by atoms with van der Waals surface area (Å²) in [5.41, 5.74) is 5.08. The summed E-state index contributed by atoms with van der Waals surface area (Å²) in [5.74, 6) is -2.60. The maximum atomic E-state index is 12.9. The fourth-order valence-electron chi connectivity index (χ4n) is 4.14. The third-order valence-electron chi connectivity index (χ3n) is 5.43. The molecule has 24 heavy (non-hydrogen) atoms. The maximum absolute atomic E-state index is 12.9. The van der Waals surface area contributed by atoms with Crippen molar-refractivity contribution in [3.05, 3.63) is 52.6 Å². The second-order valence-electron chi connectivity index (χ2n) is 7.02. The van der Waals surface area contributed by atoms with E-state index in [1.54, 1.807) is 0 Å². The largest absolute Gasteiger partial charge is 0.481 e. The summed E-state index contributed by atoms with van der Waals surface area (Å²) in [5, 5.41) is 12.6. The number of carbonyl (C=O) groups excluding carboxylic acids is 1. The highest BCUT2D eigenvalue weighted by atomic mass is 16.4. The standard InChI is InChI=1S/C20H23NO3/c1-10(2)16-13-8-9-14(16)18(20(23)24)17(13)19(22)21-15-7-5-6-11(3)12(15)4/h5-9,13-14,17-18H,1-4H3,(H,21,22)(H,23,24)/t13-,14+,17+,18-/m0/s1. The molecule has 0 spiro atoms. The minimum atomic E-state index is -0.897. The molecule has 0 unspecified atom stereocenters. The first kappa shape index (κ1) is 16.5. The van der Waals surface area contributed by atoms with Crippen LogP contribution in [0.15, 0.2) is 41.5 Å². The van der Waals surface area contributed by atoms with Crippen molar-refractivity contribution in [1.82, 2.24) is 0 Å². The van der Waals surface area contributed by atoms with Crippen LogP contribution < -0.4 is 5.32 Å². The number of fused-ring (bicyclic) bond motifs is 2. The molecule has 1 fully saturated rings. The number of carbonyl (C=O) groups is 2. The molecule has 1 aromatic rings. The molecular formula is C20H23NO3. The van der Waals surface area contributed by atoms with Crippen LogP contribution in [0.1, 0.15) is 25.0 Å². The second-order valence-corrected chi connectivity index (χ2v) is 7.02. The molecule has 1 aromatic carbocycles. The summed E-state index contributed by atoms with van der Waals surface area (Å²) < 4.78 is 0. The van der Waals surface area contributed by atoms with Gasteiger partial charge in [-0.15, -0.1) is 0 Å². The topological polar surface area (TPSA) is 66.4 Å². The Labute approximate surface area is 142 Å². The maximum Gasteiger partial charge on any atom is 0.308 e. The van der Waals surface area contributed by atoms with Gasteiger partial charge in [-0.1, -0.05) is 35.4 Å². The van der Waals surface area contributed by atoms with E-state index in [-0.39, 0.29) is 17.7 Å². The van der Waals surface area contributed by atoms with Gasteiger partial charge in [-0.3, -0.25) is 9.59 Å². The average Bonchev–Trinajstić information content (AvgIpc) is 3.07. The number of hydrogen-bond donors (Lipinski definition) is 2. The molecule has 3 rings (SSSR count). The molecule has 2 aliphatic carbocycles. The zero-order valence-corrected chi connectivity index (χ0v) is 14.5. The fourth-order valence-corrected chi connectivity index (χ4v) is 4.14. The monoisotopic (exact) mass is 325 g/mol. The molecule has 0 aliphatic heterocycles. The number of aliphatic carboxylic acids is 1. The van der Waals surface area contributed by atoms with Crippen molar-refractivity contribution in [3.63, 3.8) is 0 Å². The molecule has 4 heteroatoms. The third-order valence-corrected chi connectivity index (χ3v) is 5.43. The van der Waals surface area contributed by atoms with E-state index in [0.717, 1.165) is 28.0 Å². The SMILES string of the molecule is CC(C)=C1[C@H]2C=C[C@@H]1[C@@H](C(=O)Nc1cccc(C)c1C)[C@H]2C(=O)O. The van der Waals surface area contributed by atoms with Crippen LogP contribution in [-0.4, -0.2) is 17.0 Å². The fraction of sp³-hybridized carbons (Fsp3) is 0.400. The molecule has 1 saturated carbocycles. The number of allylic oxidation sites excluding steroid dienone is 4. The molecule has 0 radical (unpaired) electrons. The Morgan fingerprint density at radius 2 is 1.67 bits per heavy atom.